The molecule has 6 heteroatoms. The van der Waals surface area contributed by atoms with Gasteiger partial charge in [0, 0.05) is 50.2 Å². The molecule has 0 saturated carbocycles. The average Bonchev–Trinajstić information content (AvgIpc) is 2.63. The van der Waals surface area contributed by atoms with Crippen molar-refractivity contribution in [3.8, 4) is 11.5 Å². The number of halogens is 1. The predicted octanol–water partition coefficient (Wildman–Crippen LogP) is 2.42. The van der Waals surface area contributed by atoms with Gasteiger partial charge in [-0.05, 0) is 23.8 Å². The van der Waals surface area contributed by atoms with Crippen molar-refractivity contribution in [2.24, 2.45) is 0 Å². The lowest BCUT2D eigenvalue weighted by Crippen LogP contribution is -2.45. The molecule has 1 N–H and O–H groups in total. The van der Waals surface area contributed by atoms with Gasteiger partial charge in [-0.25, -0.2) is 0 Å². The van der Waals surface area contributed by atoms with E-state index in [1.807, 2.05) is 24.5 Å². The number of pyridine rings is 1. The fourth-order valence-corrected chi connectivity index (χ4v) is 3.33. The molecule has 2 aromatic rings. The summed E-state index contributed by atoms with van der Waals surface area (Å²) in [5, 5.41) is 3.49. The van der Waals surface area contributed by atoms with Gasteiger partial charge in [0.15, 0.2) is 11.5 Å². The molecular formula is C18H22ClN3O2. The van der Waals surface area contributed by atoms with Gasteiger partial charge in [-0.3, -0.25) is 9.88 Å². The van der Waals surface area contributed by atoms with E-state index in [0.717, 1.165) is 37.7 Å². The molecule has 1 atom stereocenters. The molecule has 2 aliphatic rings. The SMILES string of the molecule is Cl.c1cc(CN2CCNCC2c2ccncc2)c2c(c1)OCCO2. The molecule has 0 radical (unpaired) electrons. The first-order valence-corrected chi connectivity index (χ1v) is 8.14. The monoisotopic (exact) mass is 347 g/mol. The van der Waals surface area contributed by atoms with E-state index >= 15 is 0 Å². The van der Waals surface area contributed by atoms with Crippen LogP contribution in [0.25, 0.3) is 0 Å². The number of fused-ring (bicyclic) bond motifs is 1. The Morgan fingerprint density at radius 2 is 1.96 bits per heavy atom. The molecule has 5 nitrogen and oxygen atoms in total. The van der Waals surface area contributed by atoms with Gasteiger partial charge in [0.05, 0.1) is 0 Å². The summed E-state index contributed by atoms with van der Waals surface area (Å²) < 4.78 is 11.6. The van der Waals surface area contributed by atoms with Crippen molar-refractivity contribution in [3.05, 3.63) is 53.9 Å². The fourth-order valence-electron chi connectivity index (χ4n) is 3.33. The highest BCUT2D eigenvalue weighted by atomic mass is 35.5. The van der Waals surface area contributed by atoms with Gasteiger partial charge in [-0.1, -0.05) is 12.1 Å². The molecule has 3 heterocycles. The van der Waals surface area contributed by atoms with Crippen molar-refractivity contribution in [2.45, 2.75) is 12.6 Å². The Kier molecular flexibility index (Phi) is 5.56. The van der Waals surface area contributed by atoms with Crippen molar-refractivity contribution in [3.63, 3.8) is 0 Å². The Balaban J connectivity index is 0.00000169. The van der Waals surface area contributed by atoms with Gasteiger partial charge >= 0.3 is 0 Å². The zero-order valence-electron chi connectivity index (χ0n) is 13.5. The van der Waals surface area contributed by atoms with E-state index in [1.165, 1.54) is 11.1 Å². The molecule has 0 spiro atoms. The Labute approximate surface area is 148 Å². The lowest BCUT2D eigenvalue weighted by molar-refractivity contribution is 0.142. The maximum absolute atomic E-state index is 5.86. The second-order valence-electron chi connectivity index (χ2n) is 5.91. The largest absolute Gasteiger partial charge is 0.486 e. The normalized spacial score (nSPS) is 20.2. The second-order valence-corrected chi connectivity index (χ2v) is 5.91. The van der Waals surface area contributed by atoms with Gasteiger partial charge in [0.2, 0.25) is 0 Å². The molecule has 128 valence electrons. The van der Waals surface area contributed by atoms with E-state index in [4.69, 9.17) is 9.47 Å². The molecule has 0 bridgehead atoms. The van der Waals surface area contributed by atoms with E-state index in [2.05, 4.69) is 33.4 Å². The molecule has 0 aliphatic carbocycles. The number of nitrogens with one attached hydrogen (secondary N) is 1. The van der Waals surface area contributed by atoms with Crippen molar-refractivity contribution >= 4 is 12.4 Å². The molecule has 2 aliphatic heterocycles. The minimum Gasteiger partial charge on any atom is -0.486 e. The summed E-state index contributed by atoms with van der Waals surface area (Å²) in [4.78, 5) is 6.63. The van der Waals surface area contributed by atoms with Crippen LogP contribution in [0.1, 0.15) is 17.2 Å². The molecule has 1 unspecified atom stereocenters. The standard InChI is InChI=1S/C18H21N3O2.ClH/c1-2-15(18-17(3-1)22-10-11-23-18)13-21-9-8-20-12-16(21)14-4-6-19-7-5-14;/h1-7,16,20H,8-13H2;1H. The zero-order valence-corrected chi connectivity index (χ0v) is 14.3. The minimum absolute atomic E-state index is 0. The number of rotatable bonds is 3. The number of nitrogens with zero attached hydrogens (tertiary/aromatic N) is 2. The molecule has 24 heavy (non-hydrogen) atoms. The van der Waals surface area contributed by atoms with E-state index in [-0.39, 0.29) is 12.4 Å². The lowest BCUT2D eigenvalue weighted by atomic mass is 10.0. The van der Waals surface area contributed by atoms with Crippen LogP contribution in [-0.4, -0.2) is 42.7 Å². The first-order valence-electron chi connectivity index (χ1n) is 8.14. The van der Waals surface area contributed by atoms with Crippen LogP contribution < -0.4 is 14.8 Å². The van der Waals surface area contributed by atoms with Crippen molar-refractivity contribution in [1.29, 1.82) is 0 Å². The summed E-state index contributed by atoms with van der Waals surface area (Å²) in [5.74, 6) is 1.77. The highest BCUT2D eigenvalue weighted by Crippen LogP contribution is 2.35. The van der Waals surface area contributed by atoms with Crippen LogP contribution in [0.2, 0.25) is 0 Å². The Hall–Kier alpha value is -1.82. The Bertz CT molecular complexity index is 669. The zero-order chi connectivity index (χ0) is 15.5. The molecule has 1 saturated heterocycles. The van der Waals surface area contributed by atoms with Crippen LogP contribution in [0.5, 0.6) is 11.5 Å². The summed E-state index contributed by atoms with van der Waals surface area (Å²) in [7, 11) is 0. The maximum atomic E-state index is 5.86. The summed E-state index contributed by atoms with van der Waals surface area (Å²) in [6, 6.07) is 10.7. The third-order valence-corrected chi connectivity index (χ3v) is 4.47. The second kappa shape index (κ2) is 7.83. The summed E-state index contributed by atoms with van der Waals surface area (Å²) >= 11 is 0. The number of para-hydroxylation sites is 1. The maximum Gasteiger partial charge on any atom is 0.165 e. The average molecular weight is 348 g/mol. The number of piperazine rings is 1. The number of benzene rings is 1. The topological polar surface area (TPSA) is 46.6 Å². The van der Waals surface area contributed by atoms with Crippen molar-refractivity contribution in [1.82, 2.24) is 15.2 Å². The highest BCUT2D eigenvalue weighted by molar-refractivity contribution is 5.85. The molecule has 1 aromatic heterocycles. The number of ether oxygens (including phenoxy) is 2. The number of aromatic nitrogens is 1. The van der Waals surface area contributed by atoms with Crippen LogP contribution in [-0.2, 0) is 6.54 Å². The molecular weight excluding hydrogens is 326 g/mol. The van der Waals surface area contributed by atoms with Crippen molar-refractivity contribution in [2.75, 3.05) is 32.8 Å². The Morgan fingerprint density at radius 3 is 2.83 bits per heavy atom. The van der Waals surface area contributed by atoms with Gasteiger partial charge < -0.3 is 14.8 Å². The number of hydrogen-bond acceptors (Lipinski definition) is 5. The molecule has 0 amide bonds. The van der Waals surface area contributed by atoms with Crippen molar-refractivity contribution < 1.29 is 9.47 Å². The third-order valence-electron chi connectivity index (χ3n) is 4.47. The predicted molar refractivity (Wildman–Crippen MR) is 94.9 cm³/mol. The quantitative estimate of drug-likeness (QED) is 0.924. The minimum atomic E-state index is 0. The molecule has 1 aromatic carbocycles. The smallest absolute Gasteiger partial charge is 0.165 e. The van der Waals surface area contributed by atoms with Gasteiger partial charge in [-0.2, -0.15) is 0 Å². The van der Waals surface area contributed by atoms with E-state index in [9.17, 15) is 0 Å². The van der Waals surface area contributed by atoms with Crippen LogP contribution in [0.3, 0.4) is 0 Å². The summed E-state index contributed by atoms with van der Waals surface area (Å²) in [6.07, 6.45) is 3.73. The van der Waals surface area contributed by atoms with E-state index in [0.29, 0.717) is 19.3 Å². The van der Waals surface area contributed by atoms with Crippen LogP contribution in [0.15, 0.2) is 42.7 Å². The highest BCUT2D eigenvalue weighted by Gasteiger charge is 2.26. The van der Waals surface area contributed by atoms with Gasteiger partial charge in [0.1, 0.15) is 13.2 Å². The number of hydrogen-bond donors (Lipinski definition) is 1. The molecule has 4 rings (SSSR count). The van der Waals surface area contributed by atoms with Gasteiger partial charge in [-0.15, -0.1) is 12.4 Å². The first kappa shape index (κ1) is 17.0. The third kappa shape index (κ3) is 3.48. The molecule has 1 fully saturated rings. The van der Waals surface area contributed by atoms with E-state index in [1.54, 1.807) is 0 Å². The van der Waals surface area contributed by atoms with Crippen LogP contribution in [0, 0.1) is 0 Å². The fraction of sp³-hybridized carbons (Fsp3) is 0.389. The van der Waals surface area contributed by atoms with Crippen LogP contribution >= 0.6 is 12.4 Å². The first-order chi connectivity index (χ1) is 11.4. The summed E-state index contributed by atoms with van der Waals surface area (Å²) in [6.45, 7) is 5.09. The van der Waals surface area contributed by atoms with Gasteiger partial charge in [0.25, 0.3) is 0 Å². The van der Waals surface area contributed by atoms with E-state index < -0.39 is 0 Å². The van der Waals surface area contributed by atoms with Crippen LogP contribution in [0.4, 0.5) is 0 Å². The summed E-state index contributed by atoms with van der Waals surface area (Å²) in [5.41, 5.74) is 2.50. The Morgan fingerprint density at radius 1 is 1.12 bits per heavy atom. The lowest BCUT2D eigenvalue weighted by Gasteiger charge is -2.37.